The van der Waals surface area contributed by atoms with Crippen molar-refractivity contribution >= 4 is 21.6 Å². The number of hydrogen-bond donors (Lipinski definition) is 1. The van der Waals surface area contributed by atoms with E-state index in [0.29, 0.717) is 13.1 Å². The summed E-state index contributed by atoms with van der Waals surface area (Å²) in [7, 11) is -3.83. The van der Waals surface area contributed by atoms with Gasteiger partial charge < -0.3 is 14.8 Å². The molecule has 1 saturated heterocycles. The second-order valence-electron chi connectivity index (χ2n) is 6.74. The number of ether oxygens (including phenoxy) is 2. The monoisotopic (exact) mass is 424 g/mol. The summed E-state index contributed by atoms with van der Waals surface area (Å²) >= 11 is 0. The van der Waals surface area contributed by atoms with Crippen molar-refractivity contribution in [2.24, 2.45) is 0 Å². The summed E-state index contributed by atoms with van der Waals surface area (Å²) < 4.78 is 62.4. The van der Waals surface area contributed by atoms with Gasteiger partial charge in [0.15, 0.2) is 11.5 Å². The van der Waals surface area contributed by atoms with Gasteiger partial charge >= 0.3 is 6.29 Å². The Morgan fingerprint density at radius 1 is 1.00 bits per heavy atom. The van der Waals surface area contributed by atoms with Gasteiger partial charge in [0.1, 0.15) is 0 Å². The molecule has 0 aliphatic carbocycles. The van der Waals surface area contributed by atoms with Gasteiger partial charge in [-0.2, -0.15) is 4.31 Å². The molecule has 0 bridgehead atoms. The van der Waals surface area contributed by atoms with E-state index in [1.54, 1.807) is 12.1 Å². The third-order valence-electron chi connectivity index (χ3n) is 4.72. The summed E-state index contributed by atoms with van der Waals surface area (Å²) in [6.07, 6.45) is -1.25. The Bertz CT molecular complexity index is 1050. The lowest BCUT2D eigenvalue weighted by Gasteiger charge is -2.26. The highest BCUT2D eigenvalue weighted by molar-refractivity contribution is 7.89. The molecule has 2 heterocycles. The number of carbonyl (C=O) groups excluding carboxylic acids is 1. The second-order valence-corrected chi connectivity index (χ2v) is 8.65. The SMILES string of the molecule is O=C(Nc1ccc2c(c1)OC(F)(F)O2)c1ccccc1S(=O)(=O)N1CCCCC1. The Morgan fingerprint density at radius 2 is 1.69 bits per heavy atom. The first-order valence-corrected chi connectivity index (χ1v) is 10.5. The first-order valence-electron chi connectivity index (χ1n) is 9.07. The predicted octanol–water partition coefficient (Wildman–Crippen LogP) is 3.44. The minimum Gasteiger partial charge on any atom is -0.395 e. The van der Waals surface area contributed by atoms with Crippen LogP contribution >= 0.6 is 0 Å². The van der Waals surface area contributed by atoms with E-state index in [0.717, 1.165) is 19.3 Å². The quantitative estimate of drug-likeness (QED) is 0.813. The summed E-state index contributed by atoms with van der Waals surface area (Å²) in [5, 5.41) is 2.53. The van der Waals surface area contributed by atoms with Crippen LogP contribution in [0.25, 0.3) is 0 Å². The first kappa shape index (κ1) is 19.6. The molecule has 7 nitrogen and oxygen atoms in total. The highest BCUT2D eigenvalue weighted by atomic mass is 32.2. The number of fused-ring (bicyclic) bond motifs is 1. The number of amides is 1. The number of benzene rings is 2. The van der Waals surface area contributed by atoms with E-state index >= 15 is 0 Å². The molecule has 2 aromatic carbocycles. The normalized spacial score (nSPS) is 18.4. The average Bonchev–Trinajstić information content (AvgIpc) is 3.01. The zero-order valence-corrected chi connectivity index (χ0v) is 16.0. The molecule has 10 heteroatoms. The molecular formula is C19H18F2N2O5S. The molecule has 4 rings (SSSR count). The van der Waals surface area contributed by atoms with Crippen LogP contribution in [0.15, 0.2) is 47.4 Å². The lowest BCUT2D eigenvalue weighted by molar-refractivity contribution is -0.286. The lowest BCUT2D eigenvalue weighted by atomic mass is 10.2. The van der Waals surface area contributed by atoms with Gasteiger partial charge in [0.2, 0.25) is 10.0 Å². The van der Waals surface area contributed by atoms with Gasteiger partial charge in [-0.1, -0.05) is 18.6 Å². The van der Waals surface area contributed by atoms with Crippen LogP contribution in [-0.2, 0) is 10.0 Å². The van der Waals surface area contributed by atoms with Crippen molar-refractivity contribution in [2.45, 2.75) is 30.5 Å². The fourth-order valence-corrected chi connectivity index (χ4v) is 5.05. The highest BCUT2D eigenvalue weighted by Crippen LogP contribution is 2.42. The van der Waals surface area contributed by atoms with E-state index in [4.69, 9.17) is 0 Å². The van der Waals surface area contributed by atoms with Gasteiger partial charge in [0, 0.05) is 24.8 Å². The van der Waals surface area contributed by atoms with Crippen LogP contribution in [0.1, 0.15) is 29.6 Å². The molecule has 1 N–H and O–H groups in total. The molecule has 2 aliphatic rings. The van der Waals surface area contributed by atoms with Crippen molar-refractivity contribution in [3.63, 3.8) is 0 Å². The fraction of sp³-hybridized carbons (Fsp3) is 0.316. The molecule has 0 spiro atoms. The largest absolute Gasteiger partial charge is 0.586 e. The number of piperidine rings is 1. The van der Waals surface area contributed by atoms with Gasteiger partial charge in [0.25, 0.3) is 5.91 Å². The molecule has 154 valence electrons. The second kappa shape index (κ2) is 7.27. The van der Waals surface area contributed by atoms with Crippen LogP contribution in [0, 0.1) is 0 Å². The van der Waals surface area contributed by atoms with Crippen LogP contribution in [0.2, 0.25) is 0 Å². The van der Waals surface area contributed by atoms with Crippen molar-refractivity contribution in [1.29, 1.82) is 0 Å². The zero-order chi connectivity index (χ0) is 20.6. The van der Waals surface area contributed by atoms with Crippen LogP contribution in [-0.4, -0.2) is 38.0 Å². The maximum absolute atomic E-state index is 13.2. The van der Waals surface area contributed by atoms with Crippen molar-refractivity contribution in [2.75, 3.05) is 18.4 Å². The molecule has 0 aromatic heterocycles. The fourth-order valence-electron chi connectivity index (χ4n) is 3.35. The molecule has 0 saturated carbocycles. The molecule has 0 unspecified atom stereocenters. The van der Waals surface area contributed by atoms with Gasteiger partial charge in [-0.3, -0.25) is 4.79 Å². The number of alkyl halides is 2. The van der Waals surface area contributed by atoms with E-state index in [1.807, 2.05) is 0 Å². The summed E-state index contributed by atoms with van der Waals surface area (Å²) in [5.74, 6) is -1.05. The lowest BCUT2D eigenvalue weighted by Crippen LogP contribution is -2.36. The number of carbonyl (C=O) groups is 1. The van der Waals surface area contributed by atoms with E-state index in [9.17, 15) is 22.0 Å². The number of rotatable bonds is 4. The standard InChI is InChI=1S/C19H18F2N2O5S/c20-19(21)27-15-9-8-13(12-16(15)28-19)22-18(24)14-6-2-3-7-17(14)29(25,26)23-10-4-1-5-11-23/h2-3,6-9,12H,1,4-5,10-11H2,(H,22,24). The summed E-state index contributed by atoms with van der Waals surface area (Å²) in [4.78, 5) is 12.7. The number of sulfonamides is 1. The molecule has 1 amide bonds. The van der Waals surface area contributed by atoms with Crippen molar-refractivity contribution in [3.8, 4) is 11.5 Å². The summed E-state index contributed by atoms with van der Waals surface area (Å²) in [5.41, 5.74) is 0.140. The maximum Gasteiger partial charge on any atom is 0.586 e. The van der Waals surface area contributed by atoms with Crippen LogP contribution < -0.4 is 14.8 Å². The minimum atomic E-state index is -3.83. The molecule has 2 aromatic rings. The molecule has 1 fully saturated rings. The van der Waals surface area contributed by atoms with Crippen molar-refractivity contribution < 1.29 is 31.5 Å². The van der Waals surface area contributed by atoms with Crippen LogP contribution in [0.4, 0.5) is 14.5 Å². The average molecular weight is 424 g/mol. The van der Waals surface area contributed by atoms with Crippen LogP contribution in [0.3, 0.4) is 0 Å². The number of halogens is 2. The number of hydrogen-bond acceptors (Lipinski definition) is 5. The molecule has 0 radical (unpaired) electrons. The van der Waals surface area contributed by atoms with Crippen molar-refractivity contribution in [3.05, 3.63) is 48.0 Å². The molecular weight excluding hydrogens is 406 g/mol. The van der Waals surface area contributed by atoms with E-state index in [-0.39, 0.29) is 27.6 Å². The van der Waals surface area contributed by atoms with Gasteiger partial charge in [-0.05, 0) is 37.1 Å². The third-order valence-corrected chi connectivity index (χ3v) is 6.68. The third kappa shape index (κ3) is 3.90. The number of nitrogens with one attached hydrogen (secondary N) is 1. The Hall–Kier alpha value is -2.72. The highest BCUT2D eigenvalue weighted by Gasteiger charge is 2.43. The topological polar surface area (TPSA) is 84.9 Å². The van der Waals surface area contributed by atoms with E-state index in [1.165, 1.54) is 34.6 Å². The van der Waals surface area contributed by atoms with Gasteiger partial charge in [0.05, 0.1) is 10.5 Å². The smallest absolute Gasteiger partial charge is 0.395 e. The molecule has 2 aliphatic heterocycles. The Balaban J connectivity index is 1.59. The Labute approximate surface area is 166 Å². The molecule has 0 atom stereocenters. The zero-order valence-electron chi connectivity index (χ0n) is 15.2. The minimum absolute atomic E-state index is 0.0268. The summed E-state index contributed by atoms with van der Waals surface area (Å²) in [6.45, 7) is 0.823. The van der Waals surface area contributed by atoms with Gasteiger partial charge in [-0.25, -0.2) is 8.42 Å². The maximum atomic E-state index is 13.2. The first-order chi connectivity index (χ1) is 13.8. The van der Waals surface area contributed by atoms with Crippen molar-refractivity contribution in [1.82, 2.24) is 4.31 Å². The Morgan fingerprint density at radius 3 is 2.45 bits per heavy atom. The Kier molecular flexibility index (Phi) is 4.91. The molecule has 29 heavy (non-hydrogen) atoms. The number of nitrogens with zero attached hydrogens (tertiary/aromatic N) is 1. The van der Waals surface area contributed by atoms with E-state index < -0.39 is 22.2 Å². The van der Waals surface area contributed by atoms with Crippen LogP contribution in [0.5, 0.6) is 11.5 Å². The predicted molar refractivity (Wildman–Crippen MR) is 99.7 cm³/mol. The number of anilines is 1. The van der Waals surface area contributed by atoms with E-state index in [2.05, 4.69) is 14.8 Å². The summed E-state index contributed by atoms with van der Waals surface area (Å²) in [6, 6.07) is 9.70. The van der Waals surface area contributed by atoms with Gasteiger partial charge in [-0.15, -0.1) is 8.78 Å².